The van der Waals surface area contributed by atoms with Crippen LogP contribution in [0.2, 0.25) is 0 Å². The van der Waals surface area contributed by atoms with Crippen molar-refractivity contribution in [3.63, 3.8) is 0 Å². The number of aromatic amines is 1. The van der Waals surface area contributed by atoms with E-state index in [1.165, 1.54) is 63.6 Å². The molecule has 5 heterocycles. The number of piperidine rings is 1. The van der Waals surface area contributed by atoms with Crippen LogP contribution in [0.25, 0.3) is 11.0 Å². The van der Waals surface area contributed by atoms with Crippen molar-refractivity contribution >= 4 is 44.0 Å². The molecule has 14 nitrogen and oxygen atoms in total. The maximum absolute atomic E-state index is 14.0. The van der Waals surface area contributed by atoms with Crippen LogP contribution in [0.4, 0.5) is 17.1 Å². The van der Waals surface area contributed by atoms with Crippen LogP contribution in [0.3, 0.4) is 0 Å². The van der Waals surface area contributed by atoms with E-state index in [0.717, 1.165) is 61.8 Å². The minimum Gasteiger partial charge on any atom is -0.455 e. The first-order valence-electron chi connectivity index (χ1n) is 22.6. The number of carbonyl (C=O) groups is 1. The first-order valence-corrected chi connectivity index (χ1v) is 24.1. The number of anilines is 2. The summed E-state index contributed by atoms with van der Waals surface area (Å²) in [5.74, 6) is 0.633. The molecule has 5 aromatic rings. The summed E-state index contributed by atoms with van der Waals surface area (Å²) in [7, 11) is -4.54. The van der Waals surface area contributed by atoms with Crippen LogP contribution >= 0.6 is 0 Å². The number of likely N-dealkylation sites (tertiary alicyclic amines) is 1. The molecule has 3 saturated heterocycles. The first-order chi connectivity index (χ1) is 30.6. The van der Waals surface area contributed by atoms with E-state index in [2.05, 4.69) is 54.1 Å². The SMILES string of the molecule is O=C(NS(=O)(=O)c1ccc(NCC2CCOCC2)c([N+](=O)[O-])c1)c1ccc(N2CCC3(CC2)CC(N2CCCC2c2ccccc2C2CCC2)C3)cc1Oc1cnc2[nH]ccc2c1. The number of pyridine rings is 1. The minimum atomic E-state index is -4.54. The topological polar surface area (TPSA) is 172 Å². The summed E-state index contributed by atoms with van der Waals surface area (Å²) in [6, 6.07) is 22.8. The molecule has 330 valence electrons. The number of fused-ring (bicyclic) bond motifs is 1. The van der Waals surface area contributed by atoms with Gasteiger partial charge in [0.25, 0.3) is 21.6 Å². The molecule has 2 saturated carbocycles. The van der Waals surface area contributed by atoms with E-state index in [-0.39, 0.29) is 22.9 Å². The van der Waals surface area contributed by atoms with Crippen molar-refractivity contribution in [2.45, 2.75) is 93.5 Å². The second kappa shape index (κ2) is 17.2. The van der Waals surface area contributed by atoms with Gasteiger partial charge in [-0.15, -0.1) is 0 Å². The molecule has 1 unspecified atom stereocenters. The molecule has 3 aliphatic heterocycles. The smallest absolute Gasteiger partial charge is 0.293 e. The molecule has 3 N–H and O–H groups in total. The van der Waals surface area contributed by atoms with E-state index in [1.54, 1.807) is 41.7 Å². The Morgan fingerprint density at radius 2 is 1.73 bits per heavy atom. The molecule has 5 fully saturated rings. The summed E-state index contributed by atoms with van der Waals surface area (Å²) in [5.41, 5.74) is 4.83. The van der Waals surface area contributed by atoms with Gasteiger partial charge in [0.2, 0.25) is 0 Å². The normalized spacial score (nSPS) is 21.0. The van der Waals surface area contributed by atoms with Crippen molar-refractivity contribution in [3.05, 3.63) is 112 Å². The number of nitrogens with one attached hydrogen (secondary N) is 3. The zero-order chi connectivity index (χ0) is 43.1. The quantitative estimate of drug-likeness (QED) is 0.0761. The third-order valence-electron chi connectivity index (χ3n) is 14.6. The molecule has 5 aliphatic rings. The highest BCUT2D eigenvalue weighted by Crippen LogP contribution is 2.55. The number of rotatable bonds is 13. The fraction of sp³-hybridized carbons (Fsp3) is 0.458. The Morgan fingerprint density at radius 1 is 0.937 bits per heavy atom. The van der Waals surface area contributed by atoms with Crippen LogP contribution in [0.15, 0.2) is 90.1 Å². The molecule has 0 radical (unpaired) electrons. The van der Waals surface area contributed by atoms with E-state index < -0.39 is 31.4 Å². The highest BCUT2D eigenvalue weighted by atomic mass is 32.2. The van der Waals surface area contributed by atoms with Crippen LogP contribution in [-0.4, -0.2) is 79.6 Å². The summed E-state index contributed by atoms with van der Waals surface area (Å²) in [6.07, 6.45) is 16.0. The predicted molar refractivity (Wildman–Crippen MR) is 241 cm³/mol. The average Bonchev–Trinajstić information content (AvgIpc) is 3.95. The maximum Gasteiger partial charge on any atom is 0.293 e. The van der Waals surface area contributed by atoms with E-state index in [0.29, 0.717) is 48.7 Å². The molecular formula is C48H55N7O7S. The lowest BCUT2D eigenvalue weighted by Crippen LogP contribution is -2.55. The Labute approximate surface area is 367 Å². The molecule has 1 atom stereocenters. The Hall–Kier alpha value is -5.51. The van der Waals surface area contributed by atoms with Crippen LogP contribution in [0, 0.1) is 21.4 Å². The highest BCUT2D eigenvalue weighted by molar-refractivity contribution is 7.90. The van der Waals surface area contributed by atoms with E-state index in [1.807, 2.05) is 12.1 Å². The number of hydrogen-bond acceptors (Lipinski definition) is 11. The molecule has 2 aliphatic carbocycles. The van der Waals surface area contributed by atoms with Gasteiger partial charge in [-0.2, -0.15) is 0 Å². The fourth-order valence-electron chi connectivity index (χ4n) is 10.8. The number of nitrogens with zero attached hydrogens (tertiary/aromatic N) is 4. The average molecular weight is 874 g/mol. The second-order valence-electron chi connectivity index (χ2n) is 18.4. The Morgan fingerprint density at radius 3 is 2.49 bits per heavy atom. The second-order valence-corrected chi connectivity index (χ2v) is 20.1. The number of amides is 1. The van der Waals surface area contributed by atoms with Gasteiger partial charge < -0.3 is 24.7 Å². The third kappa shape index (κ3) is 8.50. The third-order valence-corrected chi connectivity index (χ3v) is 16.0. The Bertz CT molecular complexity index is 2610. The van der Waals surface area contributed by atoms with E-state index in [9.17, 15) is 23.3 Å². The number of aromatic nitrogens is 2. The van der Waals surface area contributed by atoms with Gasteiger partial charge in [0.05, 0.1) is 21.6 Å². The van der Waals surface area contributed by atoms with Gasteiger partial charge in [0.1, 0.15) is 22.8 Å². The van der Waals surface area contributed by atoms with Crippen LogP contribution in [0.1, 0.15) is 104 Å². The number of carbonyl (C=O) groups excluding carboxylic acids is 1. The lowest BCUT2D eigenvalue weighted by molar-refractivity contribution is -0.384. The summed E-state index contributed by atoms with van der Waals surface area (Å²) in [4.78, 5) is 37.7. The van der Waals surface area contributed by atoms with Gasteiger partial charge in [-0.1, -0.05) is 30.7 Å². The van der Waals surface area contributed by atoms with Crippen LogP contribution < -0.4 is 19.7 Å². The van der Waals surface area contributed by atoms with E-state index >= 15 is 0 Å². The molecule has 1 spiro atoms. The standard InChI is InChI=1S/C48H55N7O7S/c56-47(52-63(59,60)38-11-13-42(44(27-38)55(57)58)50-30-32-15-23-61-24-16-32)41-12-10-35(26-45(41)62-37-25-34-14-19-49-46(34)51-31-37)53-21-17-48(18-22-53)28-36(29-48)54-20-4-9-43(54)40-8-2-1-7-39(40)33-5-3-6-33/h1-2,7-8,10-14,19,25-27,31-33,36,43,50H,3-6,9,15-18,20-24,28-30H2,(H,49,51)(H,52,56). The largest absolute Gasteiger partial charge is 0.455 e. The molecule has 0 bridgehead atoms. The molecular weight excluding hydrogens is 819 g/mol. The van der Waals surface area contributed by atoms with Gasteiger partial charge >= 0.3 is 0 Å². The highest BCUT2D eigenvalue weighted by Gasteiger charge is 2.50. The summed E-state index contributed by atoms with van der Waals surface area (Å²) in [5, 5.41) is 16.0. The van der Waals surface area contributed by atoms with Crippen molar-refractivity contribution in [2.75, 3.05) is 49.6 Å². The summed E-state index contributed by atoms with van der Waals surface area (Å²) >= 11 is 0. The predicted octanol–water partition coefficient (Wildman–Crippen LogP) is 9.07. The Kier molecular flexibility index (Phi) is 11.3. The lowest BCUT2D eigenvalue weighted by Gasteiger charge is -2.56. The van der Waals surface area contributed by atoms with E-state index in [4.69, 9.17) is 9.47 Å². The number of hydrogen-bond donors (Lipinski definition) is 3. The van der Waals surface area contributed by atoms with Gasteiger partial charge in [-0.25, -0.2) is 18.1 Å². The van der Waals surface area contributed by atoms with Gasteiger partial charge in [-0.05, 0) is 136 Å². The number of nitro benzene ring substituents is 1. The summed E-state index contributed by atoms with van der Waals surface area (Å²) < 4.78 is 41.3. The first kappa shape index (κ1) is 41.5. The molecule has 10 rings (SSSR count). The summed E-state index contributed by atoms with van der Waals surface area (Å²) in [6.45, 7) is 4.65. The van der Waals surface area contributed by atoms with Crippen molar-refractivity contribution in [1.29, 1.82) is 0 Å². The fourth-order valence-corrected chi connectivity index (χ4v) is 11.8. The maximum atomic E-state index is 14.0. The molecule has 15 heteroatoms. The van der Waals surface area contributed by atoms with Gasteiger partial charge in [0.15, 0.2) is 0 Å². The number of benzene rings is 3. The van der Waals surface area contributed by atoms with Crippen molar-refractivity contribution in [2.24, 2.45) is 11.3 Å². The van der Waals surface area contributed by atoms with Crippen LogP contribution in [-0.2, 0) is 14.8 Å². The minimum absolute atomic E-state index is 0.00453. The number of nitro groups is 1. The van der Waals surface area contributed by atoms with Crippen molar-refractivity contribution in [1.82, 2.24) is 19.6 Å². The molecule has 3 aromatic carbocycles. The lowest BCUT2D eigenvalue weighted by atomic mass is 9.59. The monoisotopic (exact) mass is 873 g/mol. The number of H-pyrrole nitrogens is 1. The van der Waals surface area contributed by atoms with Crippen molar-refractivity contribution < 1.29 is 27.6 Å². The van der Waals surface area contributed by atoms with Gasteiger partial charge in [-0.3, -0.25) is 19.8 Å². The van der Waals surface area contributed by atoms with Crippen LogP contribution in [0.5, 0.6) is 11.5 Å². The molecule has 2 aromatic heterocycles. The zero-order valence-electron chi connectivity index (χ0n) is 35.5. The number of ether oxygens (including phenoxy) is 2. The molecule has 1 amide bonds. The van der Waals surface area contributed by atoms with Crippen molar-refractivity contribution in [3.8, 4) is 11.5 Å². The van der Waals surface area contributed by atoms with Gasteiger partial charge in [0, 0.05) is 74.3 Å². The number of sulfonamides is 1. The Balaban J connectivity index is 0.838. The zero-order valence-corrected chi connectivity index (χ0v) is 36.3. The molecule has 63 heavy (non-hydrogen) atoms.